The summed E-state index contributed by atoms with van der Waals surface area (Å²) in [4.78, 5) is 4.31. The van der Waals surface area contributed by atoms with Crippen molar-refractivity contribution in [2.75, 3.05) is 5.73 Å². The smallest absolute Gasteiger partial charge is 0.0756 e. The quantitative estimate of drug-likeness (QED) is 0.856. The molecule has 0 fully saturated rings. The molecule has 2 heterocycles. The lowest BCUT2D eigenvalue weighted by Crippen LogP contribution is -2.01. The van der Waals surface area contributed by atoms with Crippen LogP contribution in [-0.2, 0) is 6.54 Å². The van der Waals surface area contributed by atoms with Crippen molar-refractivity contribution in [2.24, 2.45) is 0 Å². The summed E-state index contributed by atoms with van der Waals surface area (Å²) in [5.74, 6) is 0. The van der Waals surface area contributed by atoms with Gasteiger partial charge in [0.05, 0.1) is 11.9 Å². The molecule has 0 radical (unpaired) electrons. The highest BCUT2D eigenvalue weighted by atomic mass is 15.3. The molecular weight excluding hydrogens is 200 g/mol. The Morgan fingerprint density at radius 1 is 1.44 bits per heavy atom. The summed E-state index contributed by atoms with van der Waals surface area (Å²) < 4.78 is 2.00. The van der Waals surface area contributed by atoms with E-state index < -0.39 is 0 Å². The normalized spacial score (nSPS) is 10.6. The Labute approximate surface area is 95.1 Å². The number of nitrogens with zero attached hydrogens (tertiary/aromatic N) is 3. The number of anilines is 1. The summed E-state index contributed by atoms with van der Waals surface area (Å²) in [5, 5.41) is 4.35. The van der Waals surface area contributed by atoms with E-state index in [9.17, 15) is 0 Å². The second kappa shape index (κ2) is 4.35. The second-order valence-electron chi connectivity index (χ2n) is 3.84. The fraction of sp³-hybridized carbons (Fsp3) is 0.333. The molecule has 0 saturated carbocycles. The molecule has 0 amide bonds. The van der Waals surface area contributed by atoms with Crippen molar-refractivity contribution in [2.45, 2.75) is 26.8 Å². The van der Waals surface area contributed by atoms with Crippen molar-refractivity contribution in [3.63, 3.8) is 0 Å². The van der Waals surface area contributed by atoms with Gasteiger partial charge in [-0.1, -0.05) is 6.92 Å². The van der Waals surface area contributed by atoms with Gasteiger partial charge in [0, 0.05) is 29.7 Å². The molecule has 4 heteroatoms. The standard InChI is InChI=1S/C12H16N4/c1-3-6-16-9(2)11(8-15-16)12-7-10(13)4-5-14-12/h4-5,7-8H,3,6H2,1-2H3,(H2,13,14). The lowest BCUT2D eigenvalue weighted by molar-refractivity contribution is 0.587. The van der Waals surface area contributed by atoms with E-state index >= 15 is 0 Å². The molecule has 2 aromatic heterocycles. The van der Waals surface area contributed by atoms with Crippen molar-refractivity contribution in [1.82, 2.24) is 14.8 Å². The first-order valence-electron chi connectivity index (χ1n) is 5.46. The highest BCUT2D eigenvalue weighted by Gasteiger charge is 2.09. The van der Waals surface area contributed by atoms with Gasteiger partial charge in [-0.3, -0.25) is 9.67 Å². The second-order valence-corrected chi connectivity index (χ2v) is 3.84. The van der Waals surface area contributed by atoms with Crippen LogP contribution < -0.4 is 5.73 Å². The zero-order valence-corrected chi connectivity index (χ0v) is 9.64. The van der Waals surface area contributed by atoms with Crippen LogP contribution in [0.4, 0.5) is 5.69 Å². The largest absolute Gasteiger partial charge is 0.399 e. The van der Waals surface area contributed by atoms with Gasteiger partial charge in [-0.25, -0.2) is 0 Å². The highest BCUT2D eigenvalue weighted by molar-refractivity contribution is 5.64. The summed E-state index contributed by atoms with van der Waals surface area (Å²) >= 11 is 0. The van der Waals surface area contributed by atoms with Gasteiger partial charge in [-0.2, -0.15) is 5.10 Å². The van der Waals surface area contributed by atoms with E-state index in [0.717, 1.165) is 35.6 Å². The predicted molar refractivity (Wildman–Crippen MR) is 64.9 cm³/mol. The Bertz CT molecular complexity index is 488. The summed E-state index contributed by atoms with van der Waals surface area (Å²) in [7, 11) is 0. The minimum absolute atomic E-state index is 0.729. The molecular formula is C12H16N4. The van der Waals surface area contributed by atoms with Gasteiger partial charge in [0.1, 0.15) is 0 Å². The van der Waals surface area contributed by atoms with Crippen LogP contribution >= 0.6 is 0 Å². The Morgan fingerprint density at radius 2 is 2.25 bits per heavy atom. The zero-order valence-electron chi connectivity index (χ0n) is 9.64. The number of hydrogen-bond acceptors (Lipinski definition) is 3. The van der Waals surface area contributed by atoms with Gasteiger partial charge >= 0.3 is 0 Å². The highest BCUT2D eigenvalue weighted by Crippen LogP contribution is 2.22. The number of aromatic nitrogens is 3. The van der Waals surface area contributed by atoms with Gasteiger partial charge in [0.15, 0.2) is 0 Å². The zero-order chi connectivity index (χ0) is 11.5. The maximum atomic E-state index is 5.74. The van der Waals surface area contributed by atoms with Gasteiger partial charge < -0.3 is 5.73 Å². The predicted octanol–water partition coefficient (Wildman–Crippen LogP) is 2.25. The summed E-state index contributed by atoms with van der Waals surface area (Å²) in [5.41, 5.74) is 9.56. The molecule has 2 N–H and O–H groups in total. The molecule has 0 atom stereocenters. The first kappa shape index (κ1) is 10.7. The van der Waals surface area contributed by atoms with Crippen molar-refractivity contribution in [3.8, 4) is 11.3 Å². The third-order valence-corrected chi connectivity index (χ3v) is 2.60. The summed E-state index contributed by atoms with van der Waals surface area (Å²) in [6.45, 7) is 5.14. The number of rotatable bonds is 3. The molecule has 0 spiro atoms. The maximum absolute atomic E-state index is 5.74. The molecule has 0 unspecified atom stereocenters. The lowest BCUT2D eigenvalue weighted by Gasteiger charge is -2.03. The van der Waals surface area contributed by atoms with Crippen molar-refractivity contribution < 1.29 is 0 Å². The van der Waals surface area contributed by atoms with Gasteiger partial charge in [0.2, 0.25) is 0 Å². The molecule has 0 aliphatic rings. The molecule has 84 valence electrons. The van der Waals surface area contributed by atoms with Gasteiger partial charge in [-0.15, -0.1) is 0 Å². The summed E-state index contributed by atoms with van der Waals surface area (Å²) in [6, 6.07) is 3.66. The van der Waals surface area contributed by atoms with Crippen LogP contribution in [0.1, 0.15) is 19.0 Å². The van der Waals surface area contributed by atoms with Crippen molar-refractivity contribution in [1.29, 1.82) is 0 Å². The third-order valence-electron chi connectivity index (χ3n) is 2.60. The average Bonchev–Trinajstić information content (AvgIpc) is 2.61. The third kappa shape index (κ3) is 1.91. The van der Waals surface area contributed by atoms with Gasteiger partial charge in [-0.05, 0) is 25.5 Å². The SMILES string of the molecule is CCCn1ncc(-c2cc(N)ccn2)c1C. The number of pyridine rings is 1. The lowest BCUT2D eigenvalue weighted by atomic mass is 10.1. The van der Waals surface area contributed by atoms with E-state index in [4.69, 9.17) is 5.73 Å². The number of nitrogens with two attached hydrogens (primary N) is 1. The van der Waals surface area contributed by atoms with E-state index in [0.29, 0.717) is 0 Å². The van der Waals surface area contributed by atoms with Crippen LogP contribution in [0.2, 0.25) is 0 Å². The Hall–Kier alpha value is -1.84. The minimum Gasteiger partial charge on any atom is -0.399 e. The fourth-order valence-corrected chi connectivity index (χ4v) is 1.73. The molecule has 16 heavy (non-hydrogen) atoms. The molecule has 0 aliphatic heterocycles. The van der Waals surface area contributed by atoms with E-state index in [2.05, 4.69) is 23.9 Å². The van der Waals surface area contributed by atoms with Crippen LogP contribution in [-0.4, -0.2) is 14.8 Å². The number of hydrogen-bond donors (Lipinski definition) is 1. The Morgan fingerprint density at radius 3 is 2.94 bits per heavy atom. The van der Waals surface area contributed by atoms with Crippen molar-refractivity contribution >= 4 is 5.69 Å². The molecule has 0 saturated heterocycles. The topological polar surface area (TPSA) is 56.7 Å². The molecule has 0 aromatic carbocycles. The summed E-state index contributed by atoms with van der Waals surface area (Å²) in [6.07, 6.45) is 4.65. The van der Waals surface area contributed by atoms with Crippen molar-refractivity contribution in [3.05, 3.63) is 30.2 Å². The van der Waals surface area contributed by atoms with Crippen LogP contribution in [0.5, 0.6) is 0 Å². The van der Waals surface area contributed by atoms with Crippen LogP contribution in [0.25, 0.3) is 11.3 Å². The van der Waals surface area contributed by atoms with E-state index in [1.165, 1.54) is 0 Å². The minimum atomic E-state index is 0.729. The van der Waals surface area contributed by atoms with Crippen LogP contribution in [0.3, 0.4) is 0 Å². The first-order valence-corrected chi connectivity index (χ1v) is 5.46. The van der Waals surface area contributed by atoms with Gasteiger partial charge in [0.25, 0.3) is 0 Å². The molecule has 2 rings (SSSR count). The van der Waals surface area contributed by atoms with Crippen LogP contribution in [0.15, 0.2) is 24.5 Å². The van der Waals surface area contributed by atoms with E-state index in [-0.39, 0.29) is 0 Å². The number of nitrogen functional groups attached to an aromatic ring is 1. The maximum Gasteiger partial charge on any atom is 0.0756 e. The monoisotopic (exact) mass is 216 g/mol. The average molecular weight is 216 g/mol. The Kier molecular flexibility index (Phi) is 2.90. The van der Waals surface area contributed by atoms with Crippen LogP contribution in [0, 0.1) is 6.92 Å². The molecule has 4 nitrogen and oxygen atoms in total. The molecule has 0 aliphatic carbocycles. The first-order chi connectivity index (χ1) is 7.72. The number of aryl methyl sites for hydroxylation is 1. The van der Waals surface area contributed by atoms with E-state index in [1.807, 2.05) is 16.9 Å². The molecule has 2 aromatic rings. The van der Waals surface area contributed by atoms with E-state index in [1.54, 1.807) is 12.3 Å². The fourth-order valence-electron chi connectivity index (χ4n) is 1.73. The molecule has 0 bridgehead atoms. The Balaban J connectivity index is 2.41.